The van der Waals surface area contributed by atoms with Crippen molar-refractivity contribution in [3.8, 4) is 0 Å². The molecule has 2 rings (SSSR count). The van der Waals surface area contributed by atoms with Gasteiger partial charge in [0.25, 0.3) is 5.91 Å². The summed E-state index contributed by atoms with van der Waals surface area (Å²) in [6.45, 7) is 1.69. The lowest BCUT2D eigenvalue weighted by atomic mass is 10.2. The van der Waals surface area contributed by atoms with Crippen LogP contribution in [0.15, 0.2) is 40.9 Å². The summed E-state index contributed by atoms with van der Waals surface area (Å²) in [4.78, 5) is 24.0. The van der Waals surface area contributed by atoms with Crippen LogP contribution >= 0.6 is 39.1 Å². The summed E-state index contributed by atoms with van der Waals surface area (Å²) in [5.74, 6) is -0.838. The number of nitrogens with one attached hydrogen (secondary N) is 2. The minimum atomic E-state index is -0.497. The van der Waals surface area contributed by atoms with E-state index in [0.29, 0.717) is 5.69 Å². The largest absolute Gasteiger partial charge is 0.343 e. The highest BCUT2D eigenvalue weighted by atomic mass is 79.9. The van der Waals surface area contributed by atoms with Crippen LogP contribution in [0.25, 0.3) is 0 Å². The number of benzene rings is 2. The van der Waals surface area contributed by atoms with Gasteiger partial charge in [0.05, 0.1) is 22.2 Å². The van der Waals surface area contributed by atoms with Crippen molar-refractivity contribution in [3.63, 3.8) is 0 Å². The molecule has 0 aliphatic carbocycles. The van der Waals surface area contributed by atoms with Gasteiger partial charge in [0.15, 0.2) is 0 Å². The van der Waals surface area contributed by atoms with Crippen LogP contribution in [0.1, 0.15) is 15.9 Å². The third-order valence-electron chi connectivity index (χ3n) is 3.06. The normalized spacial score (nSPS) is 10.3. The summed E-state index contributed by atoms with van der Waals surface area (Å²) in [7, 11) is 0. The van der Waals surface area contributed by atoms with Gasteiger partial charge in [-0.15, -0.1) is 0 Å². The zero-order valence-electron chi connectivity index (χ0n) is 12.1. The Kier molecular flexibility index (Phi) is 6.04. The second-order valence-electron chi connectivity index (χ2n) is 4.79. The first kappa shape index (κ1) is 17.8. The molecule has 120 valence electrons. The molecule has 4 nitrogen and oxygen atoms in total. The van der Waals surface area contributed by atoms with Crippen LogP contribution in [-0.4, -0.2) is 18.4 Å². The Labute approximate surface area is 152 Å². The van der Waals surface area contributed by atoms with E-state index in [4.69, 9.17) is 23.2 Å². The second kappa shape index (κ2) is 7.81. The number of halogens is 3. The Morgan fingerprint density at radius 1 is 1.13 bits per heavy atom. The topological polar surface area (TPSA) is 58.2 Å². The van der Waals surface area contributed by atoms with Crippen molar-refractivity contribution in [2.75, 3.05) is 11.9 Å². The maximum Gasteiger partial charge on any atom is 0.254 e. The number of hydrogen-bond acceptors (Lipinski definition) is 2. The molecule has 2 amide bonds. The minimum Gasteiger partial charge on any atom is -0.343 e. The van der Waals surface area contributed by atoms with Crippen molar-refractivity contribution in [1.82, 2.24) is 5.32 Å². The van der Waals surface area contributed by atoms with E-state index in [1.54, 1.807) is 24.3 Å². The summed E-state index contributed by atoms with van der Waals surface area (Å²) >= 11 is 15.3. The van der Waals surface area contributed by atoms with E-state index in [1.807, 2.05) is 19.1 Å². The van der Waals surface area contributed by atoms with Crippen molar-refractivity contribution < 1.29 is 9.59 Å². The third kappa shape index (κ3) is 4.70. The van der Waals surface area contributed by atoms with Crippen LogP contribution in [-0.2, 0) is 4.79 Å². The average Bonchev–Trinajstić information content (AvgIpc) is 2.48. The van der Waals surface area contributed by atoms with Crippen molar-refractivity contribution in [3.05, 3.63) is 62.0 Å². The van der Waals surface area contributed by atoms with Gasteiger partial charge in [-0.05, 0) is 42.8 Å². The van der Waals surface area contributed by atoms with Gasteiger partial charge >= 0.3 is 0 Å². The van der Waals surface area contributed by atoms with Crippen LogP contribution in [0.2, 0.25) is 10.0 Å². The highest BCUT2D eigenvalue weighted by molar-refractivity contribution is 9.10. The Morgan fingerprint density at radius 3 is 2.39 bits per heavy atom. The number of rotatable bonds is 4. The molecule has 0 atom stereocenters. The van der Waals surface area contributed by atoms with Crippen LogP contribution < -0.4 is 10.6 Å². The molecule has 0 fully saturated rings. The van der Waals surface area contributed by atoms with Gasteiger partial charge in [0.2, 0.25) is 5.91 Å². The Hall–Kier alpha value is -1.56. The molecule has 0 bridgehead atoms. The Bertz CT molecular complexity index is 745. The van der Waals surface area contributed by atoms with Crippen LogP contribution in [0, 0.1) is 6.92 Å². The van der Waals surface area contributed by atoms with E-state index >= 15 is 0 Å². The third-order valence-corrected chi connectivity index (χ3v) is 4.19. The zero-order valence-corrected chi connectivity index (χ0v) is 15.2. The molecular formula is C16H13BrCl2N2O2. The molecule has 0 aliphatic heterocycles. The molecule has 0 aliphatic rings. The van der Waals surface area contributed by atoms with Gasteiger partial charge in [0, 0.05) is 10.2 Å². The standard InChI is InChI=1S/C16H13BrCl2N2O2/c1-9-7-10(17)5-6-13(9)21-14(22)8-20-16(23)15-11(18)3-2-4-12(15)19/h2-7H,8H2,1H3,(H,20,23)(H,21,22). The Morgan fingerprint density at radius 2 is 1.78 bits per heavy atom. The first-order chi connectivity index (χ1) is 10.9. The molecule has 0 radical (unpaired) electrons. The van der Waals surface area contributed by atoms with Crippen molar-refractivity contribution >= 4 is 56.6 Å². The molecular weight excluding hydrogens is 403 g/mol. The van der Waals surface area contributed by atoms with Crippen molar-refractivity contribution in [2.24, 2.45) is 0 Å². The predicted molar refractivity (Wildman–Crippen MR) is 96.3 cm³/mol. The summed E-state index contributed by atoms with van der Waals surface area (Å²) in [6, 6.07) is 10.3. The van der Waals surface area contributed by atoms with Crippen LogP contribution in [0.5, 0.6) is 0 Å². The molecule has 0 unspecified atom stereocenters. The molecule has 0 heterocycles. The number of carbonyl (C=O) groups excluding carboxylic acids is 2. The maximum absolute atomic E-state index is 12.1. The summed E-state index contributed by atoms with van der Waals surface area (Å²) < 4.78 is 0.926. The van der Waals surface area contributed by atoms with E-state index in [0.717, 1.165) is 10.0 Å². The van der Waals surface area contributed by atoms with Crippen molar-refractivity contribution in [1.29, 1.82) is 0 Å². The highest BCUT2D eigenvalue weighted by Crippen LogP contribution is 2.24. The fraction of sp³-hybridized carbons (Fsp3) is 0.125. The first-order valence-corrected chi connectivity index (χ1v) is 8.21. The summed E-state index contributed by atoms with van der Waals surface area (Å²) in [5, 5.41) is 5.71. The lowest BCUT2D eigenvalue weighted by Gasteiger charge is -2.10. The molecule has 2 N–H and O–H groups in total. The molecule has 0 saturated carbocycles. The Balaban J connectivity index is 1.98. The van der Waals surface area contributed by atoms with Gasteiger partial charge in [-0.25, -0.2) is 0 Å². The molecule has 0 saturated heterocycles. The highest BCUT2D eigenvalue weighted by Gasteiger charge is 2.15. The van der Waals surface area contributed by atoms with E-state index in [-0.39, 0.29) is 28.1 Å². The minimum absolute atomic E-state index is 0.156. The van der Waals surface area contributed by atoms with Gasteiger partial charge in [-0.1, -0.05) is 45.2 Å². The van der Waals surface area contributed by atoms with E-state index in [9.17, 15) is 9.59 Å². The molecule has 23 heavy (non-hydrogen) atoms. The molecule has 2 aromatic rings. The maximum atomic E-state index is 12.1. The summed E-state index contributed by atoms with van der Waals surface area (Å²) in [5.41, 5.74) is 1.75. The average molecular weight is 416 g/mol. The summed E-state index contributed by atoms with van der Waals surface area (Å²) in [6.07, 6.45) is 0. The SMILES string of the molecule is Cc1cc(Br)ccc1NC(=O)CNC(=O)c1c(Cl)cccc1Cl. The first-order valence-electron chi connectivity index (χ1n) is 6.66. The fourth-order valence-corrected chi connectivity index (χ4v) is 2.97. The quantitative estimate of drug-likeness (QED) is 0.775. The monoisotopic (exact) mass is 414 g/mol. The van der Waals surface area contributed by atoms with Crippen molar-refractivity contribution in [2.45, 2.75) is 6.92 Å². The van der Waals surface area contributed by atoms with Gasteiger partial charge in [-0.2, -0.15) is 0 Å². The number of hydrogen-bond donors (Lipinski definition) is 2. The van der Waals surface area contributed by atoms with Gasteiger partial charge in [0.1, 0.15) is 0 Å². The molecule has 0 spiro atoms. The number of anilines is 1. The number of aryl methyl sites for hydroxylation is 1. The lowest BCUT2D eigenvalue weighted by Crippen LogP contribution is -2.33. The lowest BCUT2D eigenvalue weighted by molar-refractivity contribution is -0.115. The number of amides is 2. The number of carbonyl (C=O) groups is 2. The molecule has 0 aromatic heterocycles. The smallest absolute Gasteiger partial charge is 0.254 e. The van der Waals surface area contributed by atoms with E-state index in [2.05, 4.69) is 26.6 Å². The predicted octanol–water partition coefficient (Wildman–Crippen LogP) is 4.43. The van der Waals surface area contributed by atoms with E-state index in [1.165, 1.54) is 0 Å². The van der Waals surface area contributed by atoms with Crippen LogP contribution in [0.3, 0.4) is 0 Å². The van der Waals surface area contributed by atoms with Gasteiger partial charge in [-0.3, -0.25) is 9.59 Å². The van der Waals surface area contributed by atoms with Gasteiger partial charge < -0.3 is 10.6 Å². The van der Waals surface area contributed by atoms with E-state index < -0.39 is 5.91 Å². The molecule has 2 aromatic carbocycles. The fourth-order valence-electron chi connectivity index (χ4n) is 1.93. The molecule has 7 heteroatoms. The zero-order chi connectivity index (χ0) is 17.0. The van der Waals surface area contributed by atoms with Crippen LogP contribution in [0.4, 0.5) is 5.69 Å². The second-order valence-corrected chi connectivity index (χ2v) is 6.52.